The largest absolute Gasteiger partial charge is 0.393 e. The molecule has 2 atom stereocenters. The molecule has 1 saturated carbocycles. The second kappa shape index (κ2) is 7.24. The predicted molar refractivity (Wildman–Crippen MR) is 63.0 cm³/mol. The first kappa shape index (κ1) is 13.9. The molecule has 0 aromatic heterocycles. The average Bonchev–Trinajstić information content (AvgIpc) is 2.33. The fourth-order valence-corrected chi connectivity index (χ4v) is 2.02. The fourth-order valence-electron chi connectivity index (χ4n) is 2.02. The van der Waals surface area contributed by atoms with Crippen molar-refractivity contribution in [1.82, 2.24) is 10.6 Å². The summed E-state index contributed by atoms with van der Waals surface area (Å²) in [6, 6.07) is 0. The third-order valence-corrected chi connectivity index (χ3v) is 2.97. The summed E-state index contributed by atoms with van der Waals surface area (Å²) in [5, 5.41) is 14.6. The van der Waals surface area contributed by atoms with Crippen molar-refractivity contribution in [2.24, 2.45) is 11.7 Å². The Bertz CT molecular complexity index is 271. The van der Waals surface area contributed by atoms with Crippen LogP contribution in [0, 0.1) is 5.92 Å². The summed E-state index contributed by atoms with van der Waals surface area (Å²) >= 11 is 0. The molecule has 2 unspecified atom stereocenters. The first-order valence-corrected chi connectivity index (χ1v) is 6.03. The molecule has 1 aliphatic carbocycles. The molecule has 0 heterocycles. The maximum absolute atomic E-state index is 11.4. The summed E-state index contributed by atoms with van der Waals surface area (Å²) in [4.78, 5) is 22.2. The molecule has 17 heavy (non-hydrogen) atoms. The monoisotopic (exact) mass is 243 g/mol. The molecule has 1 aliphatic rings. The average molecular weight is 243 g/mol. The quantitative estimate of drug-likeness (QED) is 0.483. The number of nitrogens with one attached hydrogen (secondary N) is 2. The molecule has 0 saturated heterocycles. The molecule has 0 aromatic carbocycles. The second-order valence-electron chi connectivity index (χ2n) is 4.47. The number of hydrogen-bond donors (Lipinski definition) is 4. The number of aliphatic hydroxyl groups is 1. The molecular formula is C11H21N3O3. The number of rotatable bonds is 5. The lowest BCUT2D eigenvalue weighted by molar-refractivity contribution is -0.125. The number of carbonyl (C=O) groups is 2. The second-order valence-corrected chi connectivity index (χ2v) is 4.47. The van der Waals surface area contributed by atoms with E-state index in [9.17, 15) is 14.7 Å². The topological polar surface area (TPSA) is 104 Å². The van der Waals surface area contributed by atoms with E-state index in [4.69, 9.17) is 5.73 Å². The summed E-state index contributed by atoms with van der Waals surface area (Å²) in [5.74, 6) is -0.215. The van der Waals surface area contributed by atoms with Crippen molar-refractivity contribution >= 4 is 11.8 Å². The molecule has 0 radical (unpaired) electrons. The highest BCUT2D eigenvalue weighted by molar-refractivity contribution is 5.85. The Morgan fingerprint density at radius 1 is 1.24 bits per heavy atom. The van der Waals surface area contributed by atoms with E-state index in [1.54, 1.807) is 0 Å². The van der Waals surface area contributed by atoms with Gasteiger partial charge in [-0.05, 0) is 25.2 Å². The number of nitrogens with two attached hydrogens (primary N) is 1. The summed E-state index contributed by atoms with van der Waals surface area (Å²) in [6.45, 7) is 0.418. The van der Waals surface area contributed by atoms with Gasteiger partial charge in [-0.3, -0.25) is 9.59 Å². The van der Waals surface area contributed by atoms with E-state index in [0.29, 0.717) is 12.5 Å². The highest BCUT2D eigenvalue weighted by Crippen LogP contribution is 2.23. The van der Waals surface area contributed by atoms with Gasteiger partial charge < -0.3 is 21.5 Å². The summed E-state index contributed by atoms with van der Waals surface area (Å²) in [7, 11) is 0. The van der Waals surface area contributed by atoms with Crippen LogP contribution in [-0.4, -0.2) is 42.7 Å². The fraction of sp³-hybridized carbons (Fsp3) is 0.818. The standard InChI is InChI=1S/C11H21N3O3/c12-5-10(16)14-7-11(17)13-6-8-2-1-3-9(15)4-8/h8-9,15H,1-7,12H2,(H,13,17)(H,14,16). The third kappa shape index (κ3) is 5.65. The molecule has 5 N–H and O–H groups in total. The van der Waals surface area contributed by atoms with Crippen molar-refractivity contribution in [3.63, 3.8) is 0 Å². The molecule has 98 valence electrons. The van der Waals surface area contributed by atoms with Crippen LogP contribution in [0.2, 0.25) is 0 Å². The minimum atomic E-state index is -0.340. The van der Waals surface area contributed by atoms with E-state index in [-0.39, 0.29) is 31.0 Å². The Balaban J connectivity index is 2.12. The zero-order chi connectivity index (χ0) is 12.7. The minimum Gasteiger partial charge on any atom is -0.393 e. The molecule has 0 aromatic rings. The summed E-state index contributed by atoms with van der Waals surface area (Å²) in [6.07, 6.45) is 3.41. The van der Waals surface area contributed by atoms with E-state index < -0.39 is 0 Å². The van der Waals surface area contributed by atoms with Gasteiger partial charge in [0.25, 0.3) is 0 Å². The lowest BCUT2D eigenvalue weighted by Crippen LogP contribution is -2.41. The van der Waals surface area contributed by atoms with Gasteiger partial charge in [0.2, 0.25) is 11.8 Å². The van der Waals surface area contributed by atoms with Gasteiger partial charge in [0.05, 0.1) is 19.2 Å². The van der Waals surface area contributed by atoms with E-state index in [1.165, 1.54) is 0 Å². The number of amides is 2. The number of hydrogen-bond acceptors (Lipinski definition) is 4. The SMILES string of the molecule is NCC(=O)NCC(=O)NCC1CCCC(O)C1. The van der Waals surface area contributed by atoms with Gasteiger partial charge in [-0.25, -0.2) is 0 Å². The zero-order valence-corrected chi connectivity index (χ0v) is 9.95. The first-order valence-electron chi connectivity index (χ1n) is 6.03. The smallest absolute Gasteiger partial charge is 0.239 e. The van der Waals surface area contributed by atoms with Gasteiger partial charge in [-0.2, -0.15) is 0 Å². The highest BCUT2D eigenvalue weighted by atomic mass is 16.3. The normalized spacial score (nSPS) is 24.1. The number of aliphatic hydroxyl groups excluding tert-OH is 1. The minimum absolute atomic E-state index is 0.0364. The van der Waals surface area contributed by atoms with E-state index in [0.717, 1.165) is 25.7 Å². The van der Waals surface area contributed by atoms with Crippen LogP contribution in [0.5, 0.6) is 0 Å². The molecule has 1 fully saturated rings. The molecule has 6 nitrogen and oxygen atoms in total. The summed E-state index contributed by atoms with van der Waals surface area (Å²) in [5.41, 5.74) is 5.09. The van der Waals surface area contributed by atoms with Gasteiger partial charge in [0.1, 0.15) is 0 Å². The van der Waals surface area contributed by atoms with Crippen LogP contribution in [0.15, 0.2) is 0 Å². The van der Waals surface area contributed by atoms with E-state index in [1.807, 2.05) is 0 Å². The van der Waals surface area contributed by atoms with Gasteiger partial charge in [0.15, 0.2) is 0 Å². The molecule has 0 spiro atoms. The van der Waals surface area contributed by atoms with Crippen LogP contribution in [0.4, 0.5) is 0 Å². The first-order chi connectivity index (χ1) is 8.11. The van der Waals surface area contributed by atoms with Crippen molar-refractivity contribution in [3.05, 3.63) is 0 Å². The number of carbonyl (C=O) groups excluding carboxylic acids is 2. The van der Waals surface area contributed by atoms with Crippen molar-refractivity contribution < 1.29 is 14.7 Å². The Labute approximate surface area is 101 Å². The highest BCUT2D eigenvalue weighted by Gasteiger charge is 2.20. The Kier molecular flexibility index (Phi) is 5.93. The maximum atomic E-state index is 11.4. The Morgan fingerprint density at radius 2 is 2.00 bits per heavy atom. The predicted octanol–water partition coefficient (Wildman–Crippen LogP) is -1.27. The van der Waals surface area contributed by atoms with Crippen LogP contribution < -0.4 is 16.4 Å². The van der Waals surface area contributed by atoms with Crippen LogP contribution in [0.1, 0.15) is 25.7 Å². The Morgan fingerprint density at radius 3 is 2.65 bits per heavy atom. The Hall–Kier alpha value is -1.14. The van der Waals surface area contributed by atoms with E-state index >= 15 is 0 Å². The van der Waals surface area contributed by atoms with Crippen LogP contribution in [0.3, 0.4) is 0 Å². The van der Waals surface area contributed by atoms with Crippen molar-refractivity contribution in [3.8, 4) is 0 Å². The molecule has 1 rings (SSSR count). The van der Waals surface area contributed by atoms with Crippen LogP contribution in [0.25, 0.3) is 0 Å². The molecule has 0 aliphatic heterocycles. The van der Waals surface area contributed by atoms with Gasteiger partial charge in [-0.1, -0.05) is 6.42 Å². The van der Waals surface area contributed by atoms with Gasteiger partial charge in [-0.15, -0.1) is 0 Å². The third-order valence-electron chi connectivity index (χ3n) is 2.97. The van der Waals surface area contributed by atoms with Crippen molar-refractivity contribution in [1.29, 1.82) is 0 Å². The maximum Gasteiger partial charge on any atom is 0.239 e. The molecule has 6 heteroatoms. The van der Waals surface area contributed by atoms with Crippen molar-refractivity contribution in [2.75, 3.05) is 19.6 Å². The lowest BCUT2D eigenvalue weighted by atomic mass is 9.87. The molecule has 2 amide bonds. The van der Waals surface area contributed by atoms with Gasteiger partial charge >= 0.3 is 0 Å². The molecular weight excluding hydrogens is 222 g/mol. The van der Waals surface area contributed by atoms with Gasteiger partial charge in [0, 0.05) is 6.54 Å². The summed E-state index contributed by atoms with van der Waals surface area (Å²) < 4.78 is 0. The van der Waals surface area contributed by atoms with Crippen LogP contribution in [-0.2, 0) is 9.59 Å². The van der Waals surface area contributed by atoms with Crippen LogP contribution >= 0.6 is 0 Å². The zero-order valence-electron chi connectivity index (χ0n) is 9.95. The molecule has 0 bridgehead atoms. The lowest BCUT2D eigenvalue weighted by Gasteiger charge is -2.25. The van der Waals surface area contributed by atoms with E-state index in [2.05, 4.69) is 10.6 Å². The van der Waals surface area contributed by atoms with Crippen molar-refractivity contribution in [2.45, 2.75) is 31.8 Å².